The Balaban J connectivity index is 1.70. The first-order valence-electron chi connectivity index (χ1n) is 9.28. The van der Waals surface area contributed by atoms with Crippen molar-refractivity contribution in [3.8, 4) is 11.5 Å². The molecule has 3 aromatic rings. The van der Waals surface area contributed by atoms with Gasteiger partial charge >= 0.3 is 5.97 Å². The fourth-order valence-electron chi connectivity index (χ4n) is 2.79. The zero-order chi connectivity index (χ0) is 19.9. The molecule has 0 saturated carbocycles. The molecule has 4 nitrogen and oxygen atoms in total. The maximum Gasteiger partial charge on any atom is 0.339 e. The van der Waals surface area contributed by atoms with Crippen LogP contribution < -0.4 is 9.47 Å². The molecule has 0 spiro atoms. The van der Waals surface area contributed by atoms with Crippen molar-refractivity contribution in [1.29, 1.82) is 0 Å². The van der Waals surface area contributed by atoms with Crippen LogP contribution in [0, 0.1) is 0 Å². The lowest BCUT2D eigenvalue weighted by molar-refractivity contribution is 0.0691. The molecule has 28 heavy (non-hydrogen) atoms. The summed E-state index contributed by atoms with van der Waals surface area (Å²) >= 11 is 0. The maximum atomic E-state index is 11.5. The van der Waals surface area contributed by atoms with E-state index in [1.807, 2.05) is 42.5 Å². The Kier molecular flexibility index (Phi) is 6.33. The minimum absolute atomic E-state index is 0.115. The molecule has 0 saturated heterocycles. The second-order valence-electron chi connectivity index (χ2n) is 6.92. The second-order valence-corrected chi connectivity index (χ2v) is 6.92. The van der Waals surface area contributed by atoms with E-state index >= 15 is 0 Å². The van der Waals surface area contributed by atoms with Crippen LogP contribution in [0.2, 0.25) is 0 Å². The highest BCUT2D eigenvalue weighted by molar-refractivity contribution is 5.91. The van der Waals surface area contributed by atoms with Crippen LogP contribution in [-0.4, -0.2) is 11.1 Å². The molecule has 0 aromatic heterocycles. The van der Waals surface area contributed by atoms with Crippen molar-refractivity contribution in [1.82, 2.24) is 0 Å². The van der Waals surface area contributed by atoms with Gasteiger partial charge < -0.3 is 14.6 Å². The van der Waals surface area contributed by atoms with Gasteiger partial charge in [-0.1, -0.05) is 68.4 Å². The molecule has 0 atom stereocenters. The smallest absolute Gasteiger partial charge is 0.339 e. The fourth-order valence-corrected chi connectivity index (χ4v) is 2.79. The predicted molar refractivity (Wildman–Crippen MR) is 109 cm³/mol. The maximum absolute atomic E-state index is 11.5. The molecule has 1 N–H and O–H groups in total. The average Bonchev–Trinajstić information content (AvgIpc) is 2.71. The summed E-state index contributed by atoms with van der Waals surface area (Å²) < 4.78 is 11.6. The molecule has 0 aliphatic carbocycles. The van der Waals surface area contributed by atoms with Crippen LogP contribution in [-0.2, 0) is 13.2 Å². The Labute approximate surface area is 165 Å². The second kappa shape index (κ2) is 9.09. The highest BCUT2D eigenvalue weighted by Gasteiger charge is 2.13. The molecule has 3 rings (SSSR count). The van der Waals surface area contributed by atoms with Gasteiger partial charge in [-0.3, -0.25) is 0 Å². The molecule has 0 unspecified atom stereocenters. The summed E-state index contributed by atoms with van der Waals surface area (Å²) in [5, 5.41) is 9.41. The number of ether oxygens (including phenoxy) is 2. The number of carboxylic acid groups (broad SMARTS) is 1. The van der Waals surface area contributed by atoms with Crippen molar-refractivity contribution in [3.63, 3.8) is 0 Å². The van der Waals surface area contributed by atoms with E-state index in [0.717, 1.165) is 11.1 Å². The lowest BCUT2D eigenvalue weighted by Gasteiger charge is -2.13. The highest BCUT2D eigenvalue weighted by atomic mass is 16.5. The first-order chi connectivity index (χ1) is 13.5. The molecule has 4 heteroatoms. The summed E-state index contributed by atoms with van der Waals surface area (Å²) in [6.45, 7) is 5.02. The normalized spacial score (nSPS) is 10.7. The van der Waals surface area contributed by atoms with Crippen LogP contribution in [0.3, 0.4) is 0 Å². The highest BCUT2D eigenvalue weighted by Crippen LogP contribution is 2.27. The fraction of sp³-hybridized carbons (Fsp3) is 0.208. The van der Waals surface area contributed by atoms with Crippen molar-refractivity contribution < 1.29 is 19.4 Å². The third kappa shape index (κ3) is 5.13. The molecule has 0 bridgehead atoms. The van der Waals surface area contributed by atoms with Crippen molar-refractivity contribution in [2.45, 2.75) is 33.0 Å². The van der Waals surface area contributed by atoms with E-state index in [0.29, 0.717) is 30.6 Å². The van der Waals surface area contributed by atoms with Gasteiger partial charge in [0.25, 0.3) is 0 Å². The molecule has 0 aliphatic heterocycles. The van der Waals surface area contributed by atoms with Crippen LogP contribution >= 0.6 is 0 Å². The summed E-state index contributed by atoms with van der Waals surface area (Å²) in [4.78, 5) is 11.5. The SMILES string of the molecule is CC(C)c1ccc(COc2ccc(C(=O)O)c(OCc3ccccc3)c2)cc1. The number of aromatic carboxylic acids is 1. The quantitative estimate of drug-likeness (QED) is 0.551. The third-order valence-corrected chi connectivity index (χ3v) is 4.47. The van der Waals surface area contributed by atoms with E-state index in [1.54, 1.807) is 12.1 Å². The van der Waals surface area contributed by atoms with Gasteiger partial charge in [0.05, 0.1) is 0 Å². The zero-order valence-corrected chi connectivity index (χ0v) is 16.1. The molecule has 0 aliphatic rings. The molecular weight excluding hydrogens is 352 g/mol. The van der Waals surface area contributed by atoms with Crippen LogP contribution in [0.25, 0.3) is 0 Å². The zero-order valence-electron chi connectivity index (χ0n) is 16.1. The number of carboxylic acids is 1. The summed E-state index contributed by atoms with van der Waals surface area (Å²) in [6.07, 6.45) is 0. The molecule has 0 radical (unpaired) electrons. The Morgan fingerprint density at radius 1 is 0.857 bits per heavy atom. The van der Waals surface area contributed by atoms with E-state index < -0.39 is 5.97 Å². The first kappa shape index (κ1) is 19.5. The van der Waals surface area contributed by atoms with Gasteiger partial charge in [-0.2, -0.15) is 0 Å². The number of hydrogen-bond acceptors (Lipinski definition) is 3. The lowest BCUT2D eigenvalue weighted by Crippen LogP contribution is -2.04. The van der Waals surface area contributed by atoms with E-state index in [4.69, 9.17) is 9.47 Å². The van der Waals surface area contributed by atoms with Gasteiger partial charge in [0, 0.05) is 6.07 Å². The largest absolute Gasteiger partial charge is 0.489 e. The van der Waals surface area contributed by atoms with Crippen molar-refractivity contribution in [2.75, 3.05) is 0 Å². The Morgan fingerprint density at radius 3 is 2.14 bits per heavy atom. The average molecular weight is 376 g/mol. The van der Waals surface area contributed by atoms with Gasteiger partial charge in [0.2, 0.25) is 0 Å². The number of benzene rings is 3. The van der Waals surface area contributed by atoms with E-state index in [2.05, 4.69) is 26.0 Å². The molecule has 0 heterocycles. The Bertz CT molecular complexity index is 915. The monoisotopic (exact) mass is 376 g/mol. The summed E-state index contributed by atoms with van der Waals surface area (Å²) in [5.41, 5.74) is 3.42. The van der Waals surface area contributed by atoms with Gasteiger partial charge in [-0.15, -0.1) is 0 Å². The number of rotatable bonds is 8. The predicted octanol–water partition coefficient (Wildman–Crippen LogP) is 5.67. The lowest BCUT2D eigenvalue weighted by atomic mass is 10.0. The van der Waals surface area contributed by atoms with Crippen molar-refractivity contribution in [3.05, 3.63) is 95.1 Å². The van der Waals surface area contributed by atoms with Crippen LogP contribution in [0.15, 0.2) is 72.8 Å². The number of carbonyl (C=O) groups is 1. The molecular formula is C24H24O4. The Hall–Kier alpha value is -3.27. The molecule has 0 fully saturated rings. The van der Waals surface area contributed by atoms with Crippen LogP contribution in [0.5, 0.6) is 11.5 Å². The first-order valence-corrected chi connectivity index (χ1v) is 9.28. The van der Waals surface area contributed by atoms with Gasteiger partial charge in [0.1, 0.15) is 30.3 Å². The minimum atomic E-state index is -1.03. The summed E-state index contributed by atoms with van der Waals surface area (Å²) in [7, 11) is 0. The van der Waals surface area contributed by atoms with Crippen molar-refractivity contribution in [2.24, 2.45) is 0 Å². The van der Waals surface area contributed by atoms with Crippen LogP contribution in [0.4, 0.5) is 0 Å². The molecule has 144 valence electrons. The van der Waals surface area contributed by atoms with Gasteiger partial charge in [-0.25, -0.2) is 4.79 Å². The number of hydrogen-bond donors (Lipinski definition) is 1. The Morgan fingerprint density at radius 2 is 1.50 bits per heavy atom. The van der Waals surface area contributed by atoms with E-state index in [9.17, 15) is 9.90 Å². The summed E-state index contributed by atoms with van der Waals surface area (Å²) in [5.74, 6) is 0.326. The van der Waals surface area contributed by atoms with E-state index in [1.165, 1.54) is 11.6 Å². The van der Waals surface area contributed by atoms with Crippen molar-refractivity contribution >= 4 is 5.97 Å². The minimum Gasteiger partial charge on any atom is -0.489 e. The third-order valence-electron chi connectivity index (χ3n) is 4.47. The summed E-state index contributed by atoms with van der Waals surface area (Å²) in [6, 6.07) is 22.7. The topological polar surface area (TPSA) is 55.8 Å². The van der Waals surface area contributed by atoms with Crippen LogP contribution in [0.1, 0.15) is 46.8 Å². The molecule has 3 aromatic carbocycles. The van der Waals surface area contributed by atoms with Gasteiger partial charge in [-0.05, 0) is 34.7 Å². The standard InChI is InChI=1S/C24H24O4/c1-17(2)20-10-8-19(9-11-20)15-27-21-12-13-22(24(25)26)23(14-21)28-16-18-6-4-3-5-7-18/h3-14,17H,15-16H2,1-2H3,(H,25,26). The van der Waals surface area contributed by atoms with Gasteiger partial charge in [0.15, 0.2) is 0 Å². The molecule has 0 amide bonds. The van der Waals surface area contributed by atoms with E-state index in [-0.39, 0.29) is 5.56 Å².